The second-order valence-corrected chi connectivity index (χ2v) is 10.3. The lowest BCUT2D eigenvalue weighted by atomic mass is 9.80. The van der Waals surface area contributed by atoms with Crippen LogP contribution in [0.25, 0.3) is 22.6 Å². The molecule has 1 amide bonds. The van der Waals surface area contributed by atoms with Gasteiger partial charge in [0.1, 0.15) is 11.3 Å². The van der Waals surface area contributed by atoms with Gasteiger partial charge in [-0.25, -0.2) is 9.97 Å². The number of imidazole rings is 1. The molecule has 0 aliphatic heterocycles. The number of fused-ring (bicyclic) bond motifs is 1. The number of rotatable bonds is 11. The quantitative estimate of drug-likeness (QED) is 0.190. The number of amides is 1. The van der Waals surface area contributed by atoms with E-state index in [4.69, 9.17) is 5.73 Å². The number of carbonyl (C=O) groups excluding carboxylic acids is 1. The second-order valence-electron chi connectivity index (χ2n) is 10.3. The van der Waals surface area contributed by atoms with Gasteiger partial charge in [-0.05, 0) is 47.6 Å². The maximum Gasteiger partial charge on any atom is 0.252 e. The SMILES string of the molecule is CCc1c(CNCC(CO)C2CCCCC2)cccc1Nc1c(C(N)=O)cnc2nc(-c3ccncc3)[nH]c12. The first kappa shape index (κ1) is 26.8. The third-order valence-electron chi connectivity index (χ3n) is 7.90. The average molecular weight is 528 g/mol. The molecule has 1 aliphatic rings. The molecule has 5 rings (SSSR count). The molecule has 1 saturated carbocycles. The van der Waals surface area contributed by atoms with Crippen molar-refractivity contribution >= 4 is 28.4 Å². The summed E-state index contributed by atoms with van der Waals surface area (Å²) >= 11 is 0. The van der Waals surface area contributed by atoms with E-state index in [2.05, 4.69) is 43.6 Å². The van der Waals surface area contributed by atoms with Crippen LogP contribution in [-0.4, -0.2) is 44.1 Å². The standard InChI is InChI=1S/C30H37N7O2/c1-2-23-21(15-33-16-22(18-38)19-7-4-3-5-8-19)9-6-10-25(23)35-26-24(28(31)39)17-34-30-27(26)36-29(37-30)20-11-13-32-14-12-20/h6,9-14,17,19,22,33,38H,2-5,7-8,15-16,18H2,1H3,(H2,31,39)(H2,34,35,36,37). The summed E-state index contributed by atoms with van der Waals surface area (Å²) in [6.07, 6.45) is 12.0. The number of H-pyrrole nitrogens is 1. The molecule has 204 valence electrons. The Kier molecular flexibility index (Phi) is 8.48. The number of anilines is 2. The Morgan fingerprint density at radius 1 is 1.18 bits per heavy atom. The zero-order valence-electron chi connectivity index (χ0n) is 22.4. The van der Waals surface area contributed by atoms with Crippen LogP contribution in [0.1, 0.15) is 60.5 Å². The highest BCUT2D eigenvalue weighted by Crippen LogP contribution is 2.33. The molecule has 1 fully saturated rings. The van der Waals surface area contributed by atoms with Crippen molar-refractivity contribution < 1.29 is 9.90 Å². The average Bonchev–Trinajstić information content (AvgIpc) is 3.41. The highest BCUT2D eigenvalue weighted by Gasteiger charge is 2.23. The number of nitrogens with one attached hydrogen (secondary N) is 3. The topological polar surface area (TPSA) is 142 Å². The lowest BCUT2D eigenvalue weighted by molar-refractivity contribution is 0.100. The van der Waals surface area contributed by atoms with Gasteiger partial charge in [0.05, 0.1) is 11.3 Å². The van der Waals surface area contributed by atoms with Gasteiger partial charge in [-0.2, -0.15) is 0 Å². The Labute approximate surface area is 228 Å². The minimum Gasteiger partial charge on any atom is -0.396 e. The maximum absolute atomic E-state index is 12.4. The van der Waals surface area contributed by atoms with Gasteiger partial charge in [0.15, 0.2) is 5.65 Å². The van der Waals surface area contributed by atoms with Gasteiger partial charge in [0.25, 0.3) is 5.91 Å². The van der Waals surface area contributed by atoms with E-state index in [1.807, 2.05) is 24.3 Å². The molecule has 3 heterocycles. The first-order chi connectivity index (χ1) is 19.1. The molecule has 1 unspecified atom stereocenters. The van der Waals surface area contributed by atoms with E-state index < -0.39 is 5.91 Å². The Balaban J connectivity index is 1.41. The summed E-state index contributed by atoms with van der Waals surface area (Å²) in [5.74, 6) is 0.952. The fourth-order valence-corrected chi connectivity index (χ4v) is 5.77. The van der Waals surface area contributed by atoms with Gasteiger partial charge in [-0.3, -0.25) is 9.78 Å². The number of aliphatic hydroxyl groups is 1. The Morgan fingerprint density at radius 3 is 2.69 bits per heavy atom. The van der Waals surface area contributed by atoms with Gasteiger partial charge in [-0.15, -0.1) is 0 Å². The van der Waals surface area contributed by atoms with Crippen LogP contribution in [0.5, 0.6) is 0 Å². The number of aliphatic hydroxyl groups excluding tert-OH is 1. The number of benzene rings is 1. The zero-order valence-corrected chi connectivity index (χ0v) is 22.4. The van der Waals surface area contributed by atoms with Gasteiger partial charge in [-0.1, -0.05) is 51.2 Å². The number of hydrogen-bond donors (Lipinski definition) is 5. The molecule has 1 aromatic carbocycles. The van der Waals surface area contributed by atoms with Crippen molar-refractivity contribution in [3.8, 4) is 11.4 Å². The van der Waals surface area contributed by atoms with Crippen LogP contribution in [0, 0.1) is 11.8 Å². The normalized spacial score (nSPS) is 14.9. The Bertz CT molecular complexity index is 1410. The molecular formula is C30H37N7O2. The predicted octanol–water partition coefficient (Wildman–Crippen LogP) is 4.70. The van der Waals surface area contributed by atoms with E-state index in [-0.39, 0.29) is 18.1 Å². The van der Waals surface area contributed by atoms with Crippen molar-refractivity contribution in [2.45, 2.75) is 52.0 Å². The van der Waals surface area contributed by atoms with Gasteiger partial charge >= 0.3 is 0 Å². The number of aromatic nitrogens is 4. The molecule has 1 aliphatic carbocycles. The molecule has 1 atom stereocenters. The number of hydrogen-bond acceptors (Lipinski definition) is 7. The summed E-state index contributed by atoms with van der Waals surface area (Å²) in [4.78, 5) is 28.8. The highest BCUT2D eigenvalue weighted by atomic mass is 16.3. The van der Waals surface area contributed by atoms with E-state index in [0.29, 0.717) is 35.1 Å². The van der Waals surface area contributed by atoms with Gasteiger partial charge in [0.2, 0.25) is 0 Å². The van der Waals surface area contributed by atoms with Crippen molar-refractivity contribution in [2.24, 2.45) is 17.6 Å². The number of carbonyl (C=O) groups is 1. The van der Waals surface area contributed by atoms with E-state index in [1.165, 1.54) is 43.9 Å². The molecule has 9 heteroatoms. The smallest absolute Gasteiger partial charge is 0.252 e. The van der Waals surface area contributed by atoms with E-state index in [1.54, 1.807) is 12.4 Å². The predicted molar refractivity (Wildman–Crippen MR) is 154 cm³/mol. The van der Waals surface area contributed by atoms with Gasteiger partial charge in [0, 0.05) is 49.5 Å². The second kappa shape index (κ2) is 12.4. The van der Waals surface area contributed by atoms with Crippen LogP contribution in [0.2, 0.25) is 0 Å². The van der Waals surface area contributed by atoms with Gasteiger partial charge < -0.3 is 26.5 Å². The summed E-state index contributed by atoms with van der Waals surface area (Å²) in [5.41, 5.74) is 11.8. The molecule has 9 nitrogen and oxygen atoms in total. The monoisotopic (exact) mass is 527 g/mol. The molecule has 4 aromatic rings. The summed E-state index contributed by atoms with van der Waals surface area (Å²) in [5, 5.41) is 17.1. The summed E-state index contributed by atoms with van der Waals surface area (Å²) in [6.45, 7) is 3.84. The van der Waals surface area contributed by atoms with E-state index in [0.717, 1.165) is 29.8 Å². The third-order valence-corrected chi connectivity index (χ3v) is 7.90. The molecule has 0 spiro atoms. The summed E-state index contributed by atoms with van der Waals surface area (Å²) < 4.78 is 0. The third kappa shape index (κ3) is 5.94. The number of nitrogens with zero attached hydrogens (tertiary/aromatic N) is 3. The summed E-state index contributed by atoms with van der Waals surface area (Å²) in [7, 11) is 0. The number of pyridine rings is 2. The van der Waals surface area contributed by atoms with Crippen molar-refractivity contribution in [2.75, 3.05) is 18.5 Å². The number of nitrogens with two attached hydrogens (primary N) is 1. The molecule has 39 heavy (non-hydrogen) atoms. The molecule has 0 radical (unpaired) electrons. The lowest BCUT2D eigenvalue weighted by Gasteiger charge is -2.29. The minimum absolute atomic E-state index is 0.222. The van der Waals surface area contributed by atoms with Crippen molar-refractivity contribution in [3.05, 3.63) is 65.6 Å². The van der Waals surface area contributed by atoms with Crippen LogP contribution < -0.4 is 16.4 Å². The zero-order chi connectivity index (χ0) is 27.2. The molecule has 3 aromatic heterocycles. The minimum atomic E-state index is -0.569. The largest absolute Gasteiger partial charge is 0.396 e. The first-order valence-corrected chi connectivity index (χ1v) is 13.9. The molecule has 0 bridgehead atoms. The lowest BCUT2D eigenvalue weighted by Crippen LogP contribution is -2.32. The fraction of sp³-hybridized carbons (Fsp3) is 0.400. The van der Waals surface area contributed by atoms with Crippen LogP contribution in [0.3, 0.4) is 0 Å². The van der Waals surface area contributed by atoms with Crippen molar-refractivity contribution in [1.82, 2.24) is 25.3 Å². The Hall–Kier alpha value is -3.82. The highest BCUT2D eigenvalue weighted by molar-refractivity contribution is 6.06. The van der Waals surface area contributed by atoms with Crippen LogP contribution in [0.4, 0.5) is 11.4 Å². The van der Waals surface area contributed by atoms with Crippen molar-refractivity contribution in [1.29, 1.82) is 0 Å². The van der Waals surface area contributed by atoms with E-state index >= 15 is 0 Å². The van der Waals surface area contributed by atoms with Crippen LogP contribution in [-0.2, 0) is 13.0 Å². The number of primary amides is 1. The van der Waals surface area contributed by atoms with E-state index in [9.17, 15) is 9.90 Å². The fourth-order valence-electron chi connectivity index (χ4n) is 5.77. The summed E-state index contributed by atoms with van der Waals surface area (Å²) in [6, 6.07) is 9.88. The molecular weight excluding hydrogens is 490 g/mol. The molecule has 0 saturated heterocycles. The number of aromatic amines is 1. The van der Waals surface area contributed by atoms with Crippen molar-refractivity contribution in [3.63, 3.8) is 0 Å². The molecule has 6 N–H and O–H groups in total. The van der Waals surface area contributed by atoms with Crippen LogP contribution in [0.15, 0.2) is 48.9 Å². The first-order valence-electron chi connectivity index (χ1n) is 13.9. The Morgan fingerprint density at radius 2 is 1.97 bits per heavy atom. The maximum atomic E-state index is 12.4. The van der Waals surface area contributed by atoms with Crippen LogP contribution >= 0.6 is 0 Å².